The predicted octanol–water partition coefficient (Wildman–Crippen LogP) is 13.3. The summed E-state index contributed by atoms with van der Waals surface area (Å²) in [6, 6.07) is 64.5. The van der Waals surface area contributed by atoms with E-state index in [1.54, 1.807) is 0 Å². The molecule has 1 aliphatic carbocycles. The molecule has 0 unspecified atom stereocenters. The lowest BCUT2D eigenvalue weighted by Crippen LogP contribution is -2.14. The highest BCUT2D eigenvalue weighted by atomic mass is 14.9. The Bertz CT molecular complexity index is 2940. The van der Waals surface area contributed by atoms with Crippen molar-refractivity contribution in [1.29, 1.82) is 5.26 Å². The van der Waals surface area contributed by atoms with E-state index in [4.69, 9.17) is 9.97 Å². The van der Waals surface area contributed by atoms with Crippen LogP contribution in [0.1, 0.15) is 30.5 Å². The van der Waals surface area contributed by atoms with Gasteiger partial charge < -0.3 is 0 Å². The van der Waals surface area contributed by atoms with E-state index in [-0.39, 0.29) is 5.41 Å². The molecule has 0 saturated carbocycles. The van der Waals surface area contributed by atoms with Gasteiger partial charge >= 0.3 is 0 Å². The van der Waals surface area contributed by atoms with Crippen molar-refractivity contribution < 1.29 is 0 Å². The van der Waals surface area contributed by atoms with E-state index in [1.165, 1.54) is 32.7 Å². The fourth-order valence-corrected chi connectivity index (χ4v) is 8.44. The van der Waals surface area contributed by atoms with Gasteiger partial charge in [-0.05, 0) is 96.9 Å². The minimum Gasteiger partial charge on any atom is -0.228 e. The Morgan fingerprint density at radius 2 is 0.927 bits per heavy atom. The van der Waals surface area contributed by atoms with E-state index in [2.05, 4.69) is 184 Å². The SMILES string of the molecule is CC1(C)c2cccc(C#N)c2-c2c(-c3cccc(-c4cccc(-c5nc(-c6ccc7ccccc7c6)cc(-c6ccc7ccccc7c6)n5)c4)c3)cccc21. The van der Waals surface area contributed by atoms with Crippen molar-refractivity contribution in [2.75, 3.05) is 0 Å². The summed E-state index contributed by atoms with van der Waals surface area (Å²) < 4.78 is 0. The number of rotatable bonds is 5. The maximum absolute atomic E-state index is 10.2. The summed E-state index contributed by atoms with van der Waals surface area (Å²) in [6.07, 6.45) is 0. The first kappa shape index (κ1) is 32.5. The molecule has 8 aromatic carbocycles. The second-order valence-electron chi connectivity index (χ2n) is 14.9. The molecule has 1 aliphatic rings. The summed E-state index contributed by atoms with van der Waals surface area (Å²) >= 11 is 0. The largest absolute Gasteiger partial charge is 0.228 e. The third-order valence-electron chi connectivity index (χ3n) is 11.3. The summed E-state index contributed by atoms with van der Waals surface area (Å²) in [5, 5.41) is 14.9. The number of nitriles is 1. The average molecular weight is 702 g/mol. The van der Waals surface area contributed by atoms with Gasteiger partial charge in [0.2, 0.25) is 0 Å². The summed E-state index contributed by atoms with van der Waals surface area (Å²) in [6.45, 7) is 4.51. The van der Waals surface area contributed by atoms with E-state index in [0.29, 0.717) is 5.82 Å². The first-order chi connectivity index (χ1) is 26.9. The summed E-state index contributed by atoms with van der Waals surface area (Å²) in [5.74, 6) is 0.676. The van der Waals surface area contributed by atoms with Crippen molar-refractivity contribution in [2.24, 2.45) is 0 Å². The number of hydrogen-bond acceptors (Lipinski definition) is 3. The van der Waals surface area contributed by atoms with E-state index in [9.17, 15) is 5.26 Å². The minimum absolute atomic E-state index is 0.202. The van der Waals surface area contributed by atoms with Crippen LogP contribution in [0.5, 0.6) is 0 Å². The molecule has 10 rings (SSSR count). The molecule has 0 N–H and O–H groups in total. The van der Waals surface area contributed by atoms with Crippen LogP contribution < -0.4 is 0 Å². The van der Waals surface area contributed by atoms with E-state index in [0.717, 1.165) is 67.0 Å². The Balaban J connectivity index is 1.09. The Kier molecular flexibility index (Phi) is 7.54. The summed E-state index contributed by atoms with van der Waals surface area (Å²) in [4.78, 5) is 10.4. The first-order valence-electron chi connectivity index (χ1n) is 18.7. The molecule has 3 heteroatoms. The zero-order chi connectivity index (χ0) is 37.1. The van der Waals surface area contributed by atoms with Crippen LogP contribution in [-0.2, 0) is 5.41 Å². The molecule has 0 radical (unpaired) electrons. The Morgan fingerprint density at radius 1 is 0.418 bits per heavy atom. The molecule has 0 fully saturated rings. The van der Waals surface area contributed by atoms with Gasteiger partial charge in [-0.15, -0.1) is 0 Å². The molecule has 0 saturated heterocycles. The van der Waals surface area contributed by atoms with Crippen molar-refractivity contribution in [1.82, 2.24) is 9.97 Å². The number of nitrogens with zero attached hydrogens (tertiary/aromatic N) is 3. The lowest BCUT2D eigenvalue weighted by Gasteiger charge is -2.21. The summed E-state index contributed by atoms with van der Waals surface area (Å²) in [7, 11) is 0. The van der Waals surface area contributed by atoms with Gasteiger partial charge in [0.15, 0.2) is 5.82 Å². The highest BCUT2D eigenvalue weighted by molar-refractivity contribution is 5.96. The lowest BCUT2D eigenvalue weighted by atomic mass is 9.82. The van der Waals surface area contributed by atoms with Crippen LogP contribution in [0.4, 0.5) is 0 Å². The molecule has 1 aromatic heterocycles. The van der Waals surface area contributed by atoms with E-state index >= 15 is 0 Å². The first-order valence-corrected chi connectivity index (χ1v) is 18.7. The molecule has 0 aliphatic heterocycles. The van der Waals surface area contributed by atoms with Gasteiger partial charge in [0.25, 0.3) is 0 Å². The van der Waals surface area contributed by atoms with Crippen molar-refractivity contribution in [2.45, 2.75) is 19.3 Å². The van der Waals surface area contributed by atoms with Crippen LogP contribution in [0.15, 0.2) is 176 Å². The zero-order valence-electron chi connectivity index (χ0n) is 30.6. The maximum Gasteiger partial charge on any atom is 0.160 e. The van der Waals surface area contributed by atoms with Crippen molar-refractivity contribution in [3.05, 3.63) is 193 Å². The van der Waals surface area contributed by atoms with Gasteiger partial charge in [-0.2, -0.15) is 5.26 Å². The van der Waals surface area contributed by atoms with Gasteiger partial charge in [0.05, 0.1) is 23.0 Å². The molecule has 258 valence electrons. The fourth-order valence-electron chi connectivity index (χ4n) is 8.44. The molecule has 9 aromatic rings. The molecule has 1 heterocycles. The highest BCUT2D eigenvalue weighted by Gasteiger charge is 2.38. The second-order valence-corrected chi connectivity index (χ2v) is 14.9. The highest BCUT2D eigenvalue weighted by Crippen LogP contribution is 2.53. The van der Waals surface area contributed by atoms with Crippen LogP contribution >= 0.6 is 0 Å². The molecular weight excluding hydrogens is 667 g/mol. The standard InChI is InChI=1S/C52H35N3/c1-52(2)45-21-9-19-43(32-53)49(45)50-44(20-10-22-46(50)52)39-17-7-15-37(27-39)38-16-8-18-42(30-38)51-54-47(40-25-23-33-11-3-5-13-35(33)28-40)31-48(55-51)41-26-24-34-12-4-6-14-36(34)29-41/h3-31H,1-2H3. The quantitative estimate of drug-likeness (QED) is 0.179. The number of benzene rings is 8. The zero-order valence-corrected chi connectivity index (χ0v) is 30.6. The molecular formula is C52H35N3. The minimum atomic E-state index is -0.202. The summed E-state index contributed by atoms with van der Waals surface area (Å²) in [5.41, 5.74) is 14.4. The molecule has 0 atom stereocenters. The average Bonchev–Trinajstić information content (AvgIpc) is 3.49. The number of fused-ring (bicyclic) bond motifs is 5. The van der Waals surface area contributed by atoms with Crippen LogP contribution in [0.3, 0.4) is 0 Å². The smallest absolute Gasteiger partial charge is 0.160 e. The van der Waals surface area contributed by atoms with Gasteiger partial charge in [0, 0.05) is 27.7 Å². The van der Waals surface area contributed by atoms with E-state index in [1.807, 2.05) is 12.1 Å². The Morgan fingerprint density at radius 3 is 1.55 bits per heavy atom. The molecule has 0 amide bonds. The van der Waals surface area contributed by atoms with Crippen molar-refractivity contribution >= 4 is 21.5 Å². The van der Waals surface area contributed by atoms with Crippen LogP contribution in [0.2, 0.25) is 0 Å². The van der Waals surface area contributed by atoms with Crippen LogP contribution in [-0.4, -0.2) is 9.97 Å². The maximum atomic E-state index is 10.2. The fraction of sp³-hybridized carbons (Fsp3) is 0.0577. The Labute approximate surface area is 320 Å². The van der Waals surface area contributed by atoms with Crippen molar-refractivity contribution in [3.63, 3.8) is 0 Å². The van der Waals surface area contributed by atoms with Gasteiger partial charge in [-0.1, -0.05) is 153 Å². The second kappa shape index (κ2) is 12.8. The predicted molar refractivity (Wildman–Crippen MR) is 227 cm³/mol. The third kappa shape index (κ3) is 5.50. The molecule has 3 nitrogen and oxygen atoms in total. The van der Waals surface area contributed by atoms with Gasteiger partial charge in [-0.3, -0.25) is 0 Å². The Hall–Kier alpha value is -7.15. The normalized spacial score (nSPS) is 12.7. The molecule has 0 bridgehead atoms. The van der Waals surface area contributed by atoms with Gasteiger partial charge in [-0.25, -0.2) is 9.97 Å². The molecule has 55 heavy (non-hydrogen) atoms. The third-order valence-corrected chi connectivity index (χ3v) is 11.3. The van der Waals surface area contributed by atoms with Crippen molar-refractivity contribution in [3.8, 4) is 73.4 Å². The van der Waals surface area contributed by atoms with Gasteiger partial charge in [0.1, 0.15) is 0 Å². The molecule has 0 spiro atoms. The van der Waals surface area contributed by atoms with Crippen LogP contribution in [0, 0.1) is 11.3 Å². The van der Waals surface area contributed by atoms with Crippen LogP contribution in [0.25, 0.3) is 88.8 Å². The number of aromatic nitrogens is 2. The lowest BCUT2D eigenvalue weighted by molar-refractivity contribution is 0.660. The van der Waals surface area contributed by atoms with E-state index < -0.39 is 0 Å². The monoisotopic (exact) mass is 701 g/mol. The number of hydrogen-bond donors (Lipinski definition) is 0. The topological polar surface area (TPSA) is 49.6 Å².